The number of anilines is 1. The minimum absolute atomic E-state index is 0.0866. The summed E-state index contributed by atoms with van der Waals surface area (Å²) in [7, 11) is 3.16. The number of carbonyl (C=O) groups excluding carboxylic acids is 1. The van der Waals surface area contributed by atoms with E-state index in [1.807, 2.05) is 30.3 Å². The third-order valence-corrected chi connectivity index (χ3v) is 4.29. The van der Waals surface area contributed by atoms with Crippen molar-refractivity contribution in [3.63, 3.8) is 0 Å². The Morgan fingerprint density at radius 1 is 1.00 bits per heavy atom. The molecule has 0 aliphatic carbocycles. The summed E-state index contributed by atoms with van der Waals surface area (Å²) in [6.45, 7) is 1.67. The number of amides is 1. The molecular formula is C21H25NO5. The Balaban J connectivity index is 1.87. The van der Waals surface area contributed by atoms with E-state index < -0.39 is 11.9 Å². The lowest BCUT2D eigenvalue weighted by molar-refractivity contribution is -0.141. The van der Waals surface area contributed by atoms with Crippen LogP contribution in [0.25, 0.3) is 0 Å². The smallest absolute Gasteiger partial charge is 0.306 e. The van der Waals surface area contributed by atoms with Crippen LogP contribution in [-0.4, -0.2) is 31.2 Å². The molecule has 0 bridgehead atoms. The van der Waals surface area contributed by atoms with E-state index in [0.29, 0.717) is 36.4 Å². The highest BCUT2D eigenvalue weighted by molar-refractivity contribution is 5.90. The number of aliphatic carboxylic acids is 1. The summed E-state index contributed by atoms with van der Waals surface area (Å²) < 4.78 is 10.5. The quantitative estimate of drug-likeness (QED) is 0.704. The number of hydrogen-bond donors (Lipinski definition) is 2. The number of ether oxygens (including phenoxy) is 2. The second-order valence-corrected chi connectivity index (χ2v) is 6.38. The lowest BCUT2D eigenvalue weighted by Crippen LogP contribution is -2.13. The van der Waals surface area contributed by atoms with Gasteiger partial charge >= 0.3 is 5.97 Å². The van der Waals surface area contributed by atoms with Crippen molar-refractivity contribution in [2.24, 2.45) is 5.92 Å². The third-order valence-electron chi connectivity index (χ3n) is 4.29. The third kappa shape index (κ3) is 6.02. The Kier molecular flexibility index (Phi) is 7.23. The molecule has 1 atom stereocenters. The molecule has 0 fully saturated rings. The van der Waals surface area contributed by atoms with Crippen molar-refractivity contribution in [3.05, 3.63) is 53.6 Å². The lowest BCUT2D eigenvalue weighted by Gasteiger charge is -2.10. The standard InChI is InChI=1S/C21H25NO5/c1-14(21(24)25)12-15-4-8-17(9-5-15)22-20(23)11-7-16-6-10-18(26-2)19(13-16)27-3/h4-6,8-10,13-14H,7,11-12H2,1-3H3,(H,22,23)(H,24,25). The molecule has 2 aromatic carbocycles. The van der Waals surface area contributed by atoms with Gasteiger partial charge in [-0.1, -0.05) is 25.1 Å². The molecule has 2 aromatic rings. The van der Waals surface area contributed by atoms with Crippen LogP contribution in [0.2, 0.25) is 0 Å². The highest BCUT2D eigenvalue weighted by Gasteiger charge is 2.12. The molecule has 1 unspecified atom stereocenters. The van der Waals surface area contributed by atoms with Crippen LogP contribution >= 0.6 is 0 Å². The number of carboxylic acids is 1. The van der Waals surface area contributed by atoms with Crippen LogP contribution in [0.4, 0.5) is 5.69 Å². The first-order valence-electron chi connectivity index (χ1n) is 8.75. The zero-order valence-corrected chi connectivity index (χ0v) is 15.8. The highest BCUT2D eigenvalue weighted by Crippen LogP contribution is 2.28. The van der Waals surface area contributed by atoms with Gasteiger partial charge in [-0.15, -0.1) is 0 Å². The maximum atomic E-state index is 12.2. The van der Waals surface area contributed by atoms with E-state index in [0.717, 1.165) is 11.1 Å². The molecule has 0 aliphatic rings. The van der Waals surface area contributed by atoms with Crippen molar-refractivity contribution in [1.82, 2.24) is 0 Å². The molecular weight excluding hydrogens is 346 g/mol. The molecule has 0 aliphatic heterocycles. The van der Waals surface area contributed by atoms with Gasteiger partial charge in [0.15, 0.2) is 11.5 Å². The Bertz CT molecular complexity index is 786. The van der Waals surface area contributed by atoms with Gasteiger partial charge in [0.05, 0.1) is 20.1 Å². The molecule has 0 aromatic heterocycles. The number of carboxylic acid groups (broad SMARTS) is 1. The van der Waals surface area contributed by atoms with Gasteiger partial charge in [-0.3, -0.25) is 9.59 Å². The Hall–Kier alpha value is -3.02. The van der Waals surface area contributed by atoms with Gasteiger partial charge in [-0.2, -0.15) is 0 Å². The van der Waals surface area contributed by atoms with E-state index in [-0.39, 0.29) is 5.91 Å². The second kappa shape index (κ2) is 9.62. The Morgan fingerprint density at radius 3 is 2.22 bits per heavy atom. The van der Waals surface area contributed by atoms with Crippen LogP contribution in [0, 0.1) is 5.92 Å². The number of hydrogen-bond acceptors (Lipinski definition) is 4. The summed E-state index contributed by atoms with van der Waals surface area (Å²) in [4.78, 5) is 23.1. The highest BCUT2D eigenvalue weighted by atomic mass is 16.5. The van der Waals surface area contributed by atoms with E-state index in [2.05, 4.69) is 5.32 Å². The van der Waals surface area contributed by atoms with Gasteiger partial charge in [-0.05, 0) is 48.2 Å². The van der Waals surface area contributed by atoms with Gasteiger partial charge in [-0.25, -0.2) is 0 Å². The first kappa shape index (κ1) is 20.3. The summed E-state index contributed by atoms with van der Waals surface area (Å²) in [5, 5.41) is 11.8. The molecule has 27 heavy (non-hydrogen) atoms. The fourth-order valence-electron chi connectivity index (χ4n) is 2.68. The zero-order chi connectivity index (χ0) is 19.8. The SMILES string of the molecule is COc1ccc(CCC(=O)Nc2ccc(CC(C)C(=O)O)cc2)cc1OC. The molecule has 2 rings (SSSR count). The monoisotopic (exact) mass is 371 g/mol. The molecule has 1 amide bonds. The number of aryl methyl sites for hydroxylation is 1. The number of rotatable bonds is 9. The summed E-state index contributed by atoms with van der Waals surface area (Å²) in [5.41, 5.74) is 2.60. The molecule has 0 saturated carbocycles. The number of nitrogens with one attached hydrogen (secondary N) is 1. The summed E-state index contributed by atoms with van der Waals surface area (Å²) in [6.07, 6.45) is 1.39. The topological polar surface area (TPSA) is 84.9 Å². The minimum atomic E-state index is -0.817. The predicted octanol–water partition coefficient (Wildman–Crippen LogP) is 3.54. The second-order valence-electron chi connectivity index (χ2n) is 6.38. The average molecular weight is 371 g/mol. The van der Waals surface area contributed by atoms with Gasteiger partial charge in [0.25, 0.3) is 0 Å². The average Bonchev–Trinajstić information content (AvgIpc) is 2.67. The molecule has 0 saturated heterocycles. The first-order valence-corrected chi connectivity index (χ1v) is 8.75. The van der Waals surface area contributed by atoms with Gasteiger partial charge in [0.2, 0.25) is 5.91 Å². The minimum Gasteiger partial charge on any atom is -0.493 e. The number of carbonyl (C=O) groups is 2. The first-order chi connectivity index (χ1) is 12.9. The van der Waals surface area contributed by atoms with E-state index in [4.69, 9.17) is 14.6 Å². The zero-order valence-electron chi connectivity index (χ0n) is 15.8. The largest absolute Gasteiger partial charge is 0.493 e. The van der Waals surface area contributed by atoms with Crippen LogP contribution < -0.4 is 14.8 Å². The predicted molar refractivity (Wildman–Crippen MR) is 103 cm³/mol. The van der Waals surface area contributed by atoms with Crippen molar-refractivity contribution in [3.8, 4) is 11.5 Å². The van der Waals surface area contributed by atoms with E-state index in [1.165, 1.54) is 0 Å². The summed E-state index contributed by atoms with van der Waals surface area (Å²) in [5.74, 6) is -0.0458. The molecule has 0 heterocycles. The molecule has 6 heteroatoms. The fraction of sp³-hybridized carbons (Fsp3) is 0.333. The Labute approximate surface area is 159 Å². The van der Waals surface area contributed by atoms with Crippen LogP contribution in [-0.2, 0) is 22.4 Å². The van der Waals surface area contributed by atoms with Crippen molar-refractivity contribution >= 4 is 17.6 Å². The lowest BCUT2D eigenvalue weighted by atomic mass is 10.0. The van der Waals surface area contributed by atoms with Crippen LogP contribution in [0.1, 0.15) is 24.5 Å². The van der Waals surface area contributed by atoms with E-state index >= 15 is 0 Å². The van der Waals surface area contributed by atoms with Crippen LogP contribution in [0.15, 0.2) is 42.5 Å². The van der Waals surface area contributed by atoms with Crippen LogP contribution in [0.5, 0.6) is 11.5 Å². The normalized spacial score (nSPS) is 11.5. The Morgan fingerprint density at radius 2 is 1.63 bits per heavy atom. The maximum Gasteiger partial charge on any atom is 0.306 e. The number of methoxy groups -OCH3 is 2. The molecule has 0 radical (unpaired) electrons. The van der Waals surface area contributed by atoms with Gasteiger partial charge in [0.1, 0.15) is 0 Å². The van der Waals surface area contributed by atoms with Crippen molar-refractivity contribution in [1.29, 1.82) is 0 Å². The van der Waals surface area contributed by atoms with E-state index in [9.17, 15) is 9.59 Å². The molecule has 0 spiro atoms. The van der Waals surface area contributed by atoms with Gasteiger partial charge in [0, 0.05) is 12.1 Å². The summed E-state index contributed by atoms with van der Waals surface area (Å²) >= 11 is 0. The molecule has 6 nitrogen and oxygen atoms in total. The van der Waals surface area contributed by atoms with E-state index in [1.54, 1.807) is 33.3 Å². The molecule has 144 valence electrons. The van der Waals surface area contributed by atoms with Crippen molar-refractivity contribution in [2.45, 2.75) is 26.2 Å². The fourth-order valence-corrected chi connectivity index (χ4v) is 2.68. The van der Waals surface area contributed by atoms with Crippen molar-refractivity contribution in [2.75, 3.05) is 19.5 Å². The number of benzene rings is 2. The van der Waals surface area contributed by atoms with Gasteiger partial charge < -0.3 is 19.9 Å². The van der Waals surface area contributed by atoms with Crippen molar-refractivity contribution < 1.29 is 24.2 Å². The molecule has 2 N–H and O–H groups in total. The maximum absolute atomic E-state index is 12.2. The van der Waals surface area contributed by atoms with Crippen LogP contribution in [0.3, 0.4) is 0 Å². The summed E-state index contributed by atoms with van der Waals surface area (Å²) in [6, 6.07) is 12.9.